The average molecular weight is 336 g/mol. The van der Waals surface area contributed by atoms with Gasteiger partial charge in [-0.2, -0.15) is 0 Å². The fraction of sp³-hybridized carbons (Fsp3) is 0.222. The summed E-state index contributed by atoms with van der Waals surface area (Å²) >= 11 is 0. The molecular formula is C18H16N4O3. The van der Waals surface area contributed by atoms with E-state index in [0.29, 0.717) is 18.9 Å². The summed E-state index contributed by atoms with van der Waals surface area (Å²) in [6.45, 7) is 2.80. The zero-order valence-corrected chi connectivity index (χ0v) is 13.6. The van der Waals surface area contributed by atoms with Crippen molar-refractivity contribution in [2.45, 2.75) is 19.6 Å². The molecule has 0 N–H and O–H groups in total. The van der Waals surface area contributed by atoms with Crippen molar-refractivity contribution in [1.29, 1.82) is 0 Å². The molecular weight excluding hydrogens is 320 g/mol. The van der Waals surface area contributed by atoms with Crippen molar-refractivity contribution in [1.82, 2.24) is 15.0 Å². The number of aromatic nitrogens is 3. The summed E-state index contributed by atoms with van der Waals surface area (Å²) < 4.78 is 7.67. The molecule has 0 spiro atoms. The van der Waals surface area contributed by atoms with Crippen molar-refractivity contribution in [3.63, 3.8) is 0 Å². The molecule has 1 aromatic heterocycles. The molecule has 0 saturated carbocycles. The maximum atomic E-state index is 10.9. The zero-order valence-electron chi connectivity index (χ0n) is 13.6. The standard InChI is InChI=1S/C18H16N4O3/c1-12-9-14(22(23)24)7-8-15(12)18-17-11-25-10-16(21(17)20-19-18)13-5-3-2-4-6-13/h2-9,16H,10-11H2,1H3/t16-/m0/s1. The molecule has 0 fully saturated rings. The van der Waals surface area contributed by atoms with Crippen LogP contribution in [0.4, 0.5) is 5.69 Å². The molecule has 1 aliphatic rings. The molecule has 0 unspecified atom stereocenters. The monoisotopic (exact) mass is 336 g/mol. The Morgan fingerprint density at radius 1 is 1.24 bits per heavy atom. The van der Waals surface area contributed by atoms with Crippen LogP contribution < -0.4 is 0 Å². The van der Waals surface area contributed by atoms with Crippen molar-refractivity contribution >= 4 is 5.69 Å². The number of ether oxygens (including phenoxy) is 1. The van der Waals surface area contributed by atoms with E-state index in [2.05, 4.69) is 10.3 Å². The first kappa shape index (κ1) is 15.5. The second kappa shape index (κ2) is 6.10. The van der Waals surface area contributed by atoms with Crippen molar-refractivity contribution in [3.8, 4) is 11.3 Å². The Bertz CT molecular complexity index is 937. The van der Waals surface area contributed by atoms with Gasteiger partial charge >= 0.3 is 0 Å². The Kier molecular flexibility index (Phi) is 3.77. The van der Waals surface area contributed by atoms with E-state index in [1.54, 1.807) is 12.1 Å². The third-order valence-corrected chi connectivity index (χ3v) is 4.46. The fourth-order valence-electron chi connectivity index (χ4n) is 3.18. The zero-order chi connectivity index (χ0) is 17.4. The lowest BCUT2D eigenvalue weighted by atomic mass is 10.0. The smallest absolute Gasteiger partial charge is 0.269 e. The van der Waals surface area contributed by atoms with E-state index < -0.39 is 4.92 Å². The Morgan fingerprint density at radius 2 is 2.04 bits per heavy atom. The molecule has 2 heterocycles. The van der Waals surface area contributed by atoms with Crippen LogP contribution in [-0.4, -0.2) is 26.5 Å². The second-order valence-electron chi connectivity index (χ2n) is 6.03. The molecule has 0 bridgehead atoms. The summed E-state index contributed by atoms with van der Waals surface area (Å²) in [7, 11) is 0. The molecule has 126 valence electrons. The molecule has 7 heteroatoms. The fourth-order valence-corrected chi connectivity index (χ4v) is 3.18. The molecule has 0 aliphatic carbocycles. The van der Waals surface area contributed by atoms with Gasteiger partial charge in [0.05, 0.1) is 23.8 Å². The van der Waals surface area contributed by atoms with E-state index in [4.69, 9.17) is 4.74 Å². The number of benzene rings is 2. The quantitative estimate of drug-likeness (QED) is 0.541. The largest absolute Gasteiger partial charge is 0.372 e. The number of aryl methyl sites for hydroxylation is 1. The van der Waals surface area contributed by atoms with Gasteiger partial charge in [0, 0.05) is 17.7 Å². The number of hydrogen-bond donors (Lipinski definition) is 0. The van der Waals surface area contributed by atoms with Crippen molar-refractivity contribution < 1.29 is 9.66 Å². The number of hydrogen-bond acceptors (Lipinski definition) is 5. The summed E-state index contributed by atoms with van der Waals surface area (Å²) in [5.41, 5.74) is 4.41. The predicted molar refractivity (Wildman–Crippen MR) is 91.1 cm³/mol. The molecule has 2 aromatic carbocycles. The van der Waals surface area contributed by atoms with Crippen LogP contribution in [0.25, 0.3) is 11.3 Å². The molecule has 7 nitrogen and oxygen atoms in total. The third kappa shape index (κ3) is 2.68. The first-order chi connectivity index (χ1) is 12.1. The minimum atomic E-state index is -0.397. The van der Waals surface area contributed by atoms with Gasteiger partial charge in [0.25, 0.3) is 5.69 Å². The maximum absolute atomic E-state index is 10.9. The SMILES string of the molecule is Cc1cc([N+](=O)[O-])ccc1-c1nnn2c1COC[C@H]2c1ccccc1. The predicted octanol–water partition coefficient (Wildman–Crippen LogP) is 3.28. The van der Waals surface area contributed by atoms with Gasteiger partial charge in [0.15, 0.2) is 0 Å². The molecule has 0 saturated heterocycles. The number of nitro benzene ring substituents is 1. The summed E-state index contributed by atoms with van der Waals surface area (Å²) in [4.78, 5) is 10.5. The van der Waals surface area contributed by atoms with Crippen LogP contribution in [0.3, 0.4) is 0 Å². The van der Waals surface area contributed by atoms with Crippen LogP contribution in [0, 0.1) is 17.0 Å². The van der Waals surface area contributed by atoms with E-state index in [0.717, 1.165) is 22.4 Å². The molecule has 3 aromatic rings. The minimum Gasteiger partial charge on any atom is -0.372 e. The molecule has 25 heavy (non-hydrogen) atoms. The normalized spacial score (nSPS) is 16.4. The van der Waals surface area contributed by atoms with Gasteiger partial charge in [0.2, 0.25) is 0 Å². The third-order valence-electron chi connectivity index (χ3n) is 4.46. The lowest BCUT2D eigenvalue weighted by molar-refractivity contribution is -0.384. The van der Waals surface area contributed by atoms with Crippen LogP contribution in [0.15, 0.2) is 48.5 Å². The van der Waals surface area contributed by atoms with Crippen molar-refractivity contribution in [3.05, 3.63) is 75.5 Å². The van der Waals surface area contributed by atoms with Gasteiger partial charge in [-0.15, -0.1) is 5.10 Å². The maximum Gasteiger partial charge on any atom is 0.269 e. The summed E-state index contributed by atoms with van der Waals surface area (Å²) in [5.74, 6) is 0. The van der Waals surface area contributed by atoms with Crippen LogP contribution in [0.5, 0.6) is 0 Å². The van der Waals surface area contributed by atoms with Gasteiger partial charge < -0.3 is 4.74 Å². The Labute approximate surface area is 144 Å². The van der Waals surface area contributed by atoms with Crippen LogP contribution in [-0.2, 0) is 11.3 Å². The van der Waals surface area contributed by atoms with Crippen molar-refractivity contribution in [2.24, 2.45) is 0 Å². The van der Waals surface area contributed by atoms with Crippen LogP contribution in [0.2, 0.25) is 0 Å². The van der Waals surface area contributed by atoms with Gasteiger partial charge in [-0.05, 0) is 24.1 Å². The molecule has 1 aliphatic heterocycles. The highest BCUT2D eigenvalue weighted by Crippen LogP contribution is 2.32. The Balaban J connectivity index is 1.77. The Hall–Kier alpha value is -3.06. The van der Waals surface area contributed by atoms with E-state index in [1.165, 1.54) is 6.07 Å². The first-order valence-electron chi connectivity index (χ1n) is 7.97. The van der Waals surface area contributed by atoms with Gasteiger partial charge in [0.1, 0.15) is 11.7 Å². The van der Waals surface area contributed by atoms with E-state index in [-0.39, 0.29) is 11.7 Å². The second-order valence-corrected chi connectivity index (χ2v) is 6.03. The highest BCUT2D eigenvalue weighted by molar-refractivity contribution is 5.67. The first-order valence-corrected chi connectivity index (χ1v) is 7.97. The van der Waals surface area contributed by atoms with Gasteiger partial charge in [-0.1, -0.05) is 35.5 Å². The summed E-state index contributed by atoms with van der Waals surface area (Å²) in [6.07, 6.45) is 0. The molecule has 1 atom stereocenters. The topological polar surface area (TPSA) is 83.1 Å². The van der Waals surface area contributed by atoms with Crippen LogP contribution in [0.1, 0.15) is 22.9 Å². The lowest BCUT2D eigenvalue weighted by Gasteiger charge is -2.25. The molecule has 0 radical (unpaired) electrons. The summed E-state index contributed by atoms with van der Waals surface area (Å²) in [6, 6.07) is 14.8. The Morgan fingerprint density at radius 3 is 2.76 bits per heavy atom. The highest BCUT2D eigenvalue weighted by atomic mass is 16.6. The molecule has 4 rings (SSSR count). The van der Waals surface area contributed by atoms with E-state index >= 15 is 0 Å². The van der Waals surface area contributed by atoms with Gasteiger partial charge in [-0.25, -0.2) is 4.68 Å². The number of nitro groups is 1. The minimum absolute atomic E-state index is 0.0236. The average Bonchev–Trinajstić information content (AvgIpc) is 3.06. The van der Waals surface area contributed by atoms with E-state index in [1.807, 2.05) is 41.9 Å². The number of nitrogens with zero attached hydrogens (tertiary/aromatic N) is 4. The van der Waals surface area contributed by atoms with Gasteiger partial charge in [-0.3, -0.25) is 10.1 Å². The number of fused-ring (bicyclic) bond motifs is 1. The van der Waals surface area contributed by atoms with E-state index in [9.17, 15) is 10.1 Å². The summed E-state index contributed by atoms with van der Waals surface area (Å²) in [5, 5.41) is 19.6. The van der Waals surface area contributed by atoms with Crippen molar-refractivity contribution in [2.75, 3.05) is 6.61 Å². The lowest BCUT2D eigenvalue weighted by Crippen LogP contribution is -2.25. The molecule has 0 amide bonds. The highest BCUT2D eigenvalue weighted by Gasteiger charge is 2.27. The van der Waals surface area contributed by atoms with Crippen LogP contribution >= 0.6 is 0 Å². The number of rotatable bonds is 3. The number of non-ortho nitro benzene ring substituents is 1.